The Labute approximate surface area is 72.4 Å². The quantitative estimate of drug-likeness (QED) is 0.597. The zero-order valence-corrected chi connectivity index (χ0v) is 7.39. The Morgan fingerprint density at radius 1 is 1.50 bits per heavy atom. The van der Waals surface area contributed by atoms with Crippen LogP contribution >= 0.6 is 0 Å². The van der Waals surface area contributed by atoms with Crippen molar-refractivity contribution in [3.63, 3.8) is 0 Å². The molecule has 1 fully saturated rings. The van der Waals surface area contributed by atoms with Crippen LogP contribution in [0.2, 0.25) is 0 Å². The molecule has 0 spiro atoms. The van der Waals surface area contributed by atoms with Crippen molar-refractivity contribution in [1.82, 2.24) is 10.6 Å². The number of nitrogens with one attached hydrogen (secondary N) is 2. The van der Waals surface area contributed by atoms with Gasteiger partial charge in [-0.05, 0) is 6.92 Å². The summed E-state index contributed by atoms with van der Waals surface area (Å²) in [5, 5.41) is 6.78. The third kappa shape index (κ3) is 1.59. The summed E-state index contributed by atoms with van der Waals surface area (Å²) in [5.41, 5.74) is 0.00315. The van der Waals surface area contributed by atoms with E-state index in [4.69, 9.17) is 4.74 Å². The van der Waals surface area contributed by atoms with Crippen LogP contribution in [0.1, 0.15) is 13.3 Å². The van der Waals surface area contributed by atoms with Gasteiger partial charge < -0.3 is 4.74 Å². The van der Waals surface area contributed by atoms with Crippen molar-refractivity contribution in [3.8, 4) is 0 Å². The smallest absolute Gasteiger partial charge is 0.186 e. The van der Waals surface area contributed by atoms with Gasteiger partial charge in [0.15, 0.2) is 5.90 Å². The summed E-state index contributed by atoms with van der Waals surface area (Å²) >= 11 is 0. The van der Waals surface area contributed by atoms with Gasteiger partial charge in [0.2, 0.25) is 0 Å². The van der Waals surface area contributed by atoms with Crippen LogP contribution in [0.25, 0.3) is 0 Å². The van der Waals surface area contributed by atoms with E-state index >= 15 is 0 Å². The van der Waals surface area contributed by atoms with Crippen molar-refractivity contribution in [2.24, 2.45) is 4.99 Å². The van der Waals surface area contributed by atoms with Gasteiger partial charge in [-0.3, -0.25) is 15.6 Å². The highest BCUT2D eigenvalue weighted by atomic mass is 16.5. The summed E-state index contributed by atoms with van der Waals surface area (Å²) in [6, 6.07) is 0. The topological polar surface area (TPSA) is 45.6 Å². The van der Waals surface area contributed by atoms with E-state index in [0.29, 0.717) is 0 Å². The summed E-state index contributed by atoms with van der Waals surface area (Å²) in [4.78, 5) is 4.26. The third-order valence-electron chi connectivity index (χ3n) is 2.31. The van der Waals surface area contributed by atoms with Gasteiger partial charge in [-0.25, -0.2) is 0 Å². The molecule has 0 bridgehead atoms. The van der Waals surface area contributed by atoms with Crippen molar-refractivity contribution >= 4 is 5.90 Å². The largest absolute Gasteiger partial charge is 0.479 e. The lowest BCUT2D eigenvalue weighted by atomic mass is 10.1. The lowest BCUT2D eigenvalue weighted by molar-refractivity contribution is 0.305. The van der Waals surface area contributed by atoms with Crippen LogP contribution in [0.15, 0.2) is 4.99 Å². The fourth-order valence-electron chi connectivity index (χ4n) is 1.65. The van der Waals surface area contributed by atoms with E-state index in [0.717, 1.165) is 38.6 Å². The molecule has 2 rings (SSSR count). The summed E-state index contributed by atoms with van der Waals surface area (Å²) < 4.78 is 5.35. The average molecular weight is 169 g/mol. The lowest BCUT2D eigenvalue weighted by Crippen LogP contribution is -2.47. The van der Waals surface area contributed by atoms with Gasteiger partial charge in [0.05, 0.1) is 18.6 Å². The minimum atomic E-state index is 0.00315. The minimum absolute atomic E-state index is 0.00315. The molecule has 0 atom stereocenters. The van der Waals surface area contributed by atoms with Gasteiger partial charge in [0.25, 0.3) is 0 Å². The predicted octanol–water partition coefficient (Wildman–Crippen LogP) is -0.286. The normalized spacial score (nSPS) is 26.9. The van der Waals surface area contributed by atoms with E-state index in [1.165, 1.54) is 0 Å². The number of hydrogen-bond acceptors (Lipinski definition) is 4. The van der Waals surface area contributed by atoms with Crippen LogP contribution in [0.4, 0.5) is 0 Å². The molecule has 0 aromatic rings. The van der Waals surface area contributed by atoms with Gasteiger partial charge in [-0.2, -0.15) is 0 Å². The first kappa shape index (κ1) is 8.01. The van der Waals surface area contributed by atoms with Crippen molar-refractivity contribution in [1.29, 1.82) is 0 Å². The van der Waals surface area contributed by atoms with Crippen LogP contribution in [-0.4, -0.2) is 37.8 Å². The Hall–Kier alpha value is -0.610. The Morgan fingerprint density at radius 2 is 2.25 bits per heavy atom. The van der Waals surface area contributed by atoms with E-state index in [9.17, 15) is 0 Å². The summed E-state index contributed by atoms with van der Waals surface area (Å²) in [6.45, 7) is 5.79. The highest BCUT2D eigenvalue weighted by molar-refractivity contribution is 5.78. The molecule has 0 aromatic carbocycles. The van der Waals surface area contributed by atoms with Gasteiger partial charge in [0, 0.05) is 13.1 Å². The molecule has 0 radical (unpaired) electrons. The first-order valence-corrected chi connectivity index (χ1v) is 4.45. The molecule has 0 saturated carbocycles. The van der Waals surface area contributed by atoms with Crippen molar-refractivity contribution in [2.75, 3.05) is 26.2 Å². The van der Waals surface area contributed by atoms with E-state index in [1.807, 2.05) is 0 Å². The maximum Gasteiger partial charge on any atom is 0.186 e. The predicted molar refractivity (Wildman–Crippen MR) is 47.3 cm³/mol. The zero-order valence-electron chi connectivity index (χ0n) is 7.39. The molecular weight excluding hydrogens is 154 g/mol. The molecule has 68 valence electrons. The van der Waals surface area contributed by atoms with Gasteiger partial charge in [-0.1, -0.05) is 0 Å². The molecule has 2 aliphatic rings. The molecular formula is C8H15N3O. The average Bonchev–Trinajstić information content (AvgIpc) is 2.62. The molecule has 2 aliphatic heterocycles. The molecule has 0 unspecified atom stereocenters. The van der Waals surface area contributed by atoms with E-state index in [2.05, 4.69) is 22.5 Å². The minimum Gasteiger partial charge on any atom is -0.479 e. The number of aliphatic imine (C=N–C) groups is 1. The summed E-state index contributed by atoms with van der Waals surface area (Å²) in [6.07, 6.45) is 0.854. The molecule has 0 amide bonds. The van der Waals surface area contributed by atoms with E-state index < -0.39 is 0 Å². The van der Waals surface area contributed by atoms with Crippen LogP contribution < -0.4 is 10.6 Å². The first-order chi connectivity index (χ1) is 5.79. The molecule has 1 saturated heterocycles. The Morgan fingerprint density at radius 3 is 2.83 bits per heavy atom. The highest BCUT2D eigenvalue weighted by Crippen LogP contribution is 2.12. The first-order valence-electron chi connectivity index (χ1n) is 4.45. The number of nitrogens with zero attached hydrogens (tertiary/aromatic N) is 1. The molecule has 4 heteroatoms. The maximum atomic E-state index is 5.35. The lowest BCUT2D eigenvalue weighted by Gasteiger charge is -2.23. The van der Waals surface area contributed by atoms with Crippen LogP contribution in [0, 0.1) is 0 Å². The maximum absolute atomic E-state index is 5.35. The number of rotatable bonds is 2. The number of ether oxygens (including phenoxy) is 1. The van der Waals surface area contributed by atoms with Gasteiger partial charge in [-0.15, -0.1) is 0 Å². The van der Waals surface area contributed by atoms with Crippen LogP contribution in [0.3, 0.4) is 0 Å². The highest BCUT2D eigenvalue weighted by Gasteiger charge is 2.30. The second-order valence-corrected chi connectivity index (χ2v) is 3.49. The second-order valence-electron chi connectivity index (χ2n) is 3.49. The van der Waals surface area contributed by atoms with Gasteiger partial charge >= 0.3 is 0 Å². The van der Waals surface area contributed by atoms with Crippen LogP contribution in [0.5, 0.6) is 0 Å². The number of hydrogen-bond donors (Lipinski definition) is 2. The molecule has 4 nitrogen and oxygen atoms in total. The van der Waals surface area contributed by atoms with Crippen molar-refractivity contribution < 1.29 is 4.74 Å². The molecule has 0 aromatic heterocycles. The molecule has 2 heterocycles. The van der Waals surface area contributed by atoms with Crippen molar-refractivity contribution in [3.05, 3.63) is 0 Å². The Bertz CT molecular complexity index is 196. The molecule has 2 N–H and O–H groups in total. The Balaban J connectivity index is 1.92. The fourth-order valence-corrected chi connectivity index (χ4v) is 1.65. The zero-order chi connectivity index (χ0) is 8.44. The molecule has 12 heavy (non-hydrogen) atoms. The molecule has 0 aliphatic carbocycles. The van der Waals surface area contributed by atoms with E-state index in [1.54, 1.807) is 0 Å². The monoisotopic (exact) mass is 169 g/mol. The Kier molecular flexibility index (Phi) is 2.02. The SMILES string of the molecule is CC1(CC2=NCCO2)NCCN1. The summed E-state index contributed by atoms with van der Waals surface area (Å²) in [5.74, 6) is 0.888. The van der Waals surface area contributed by atoms with Crippen molar-refractivity contribution in [2.45, 2.75) is 19.0 Å². The third-order valence-corrected chi connectivity index (χ3v) is 2.31. The summed E-state index contributed by atoms with van der Waals surface area (Å²) in [7, 11) is 0. The van der Waals surface area contributed by atoms with Gasteiger partial charge in [0.1, 0.15) is 6.61 Å². The standard InChI is InChI=1S/C8H15N3O/c1-8(10-2-3-11-8)6-7-9-4-5-12-7/h10-11H,2-6H2,1H3. The van der Waals surface area contributed by atoms with Crippen LogP contribution in [-0.2, 0) is 4.74 Å². The van der Waals surface area contributed by atoms with E-state index in [-0.39, 0.29) is 5.66 Å². The second kappa shape index (κ2) is 3.03. The fraction of sp³-hybridized carbons (Fsp3) is 0.875.